The number of carbonyl (C=O) groups excluding carboxylic acids is 2. The minimum Gasteiger partial charge on any atom is -0.350 e. The zero-order chi connectivity index (χ0) is 23.8. The second-order valence-electron chi connectivity index (χ2n) is 7.32. The normalized spacial score (nSPS) is 14.1. The summed E-state index contributed by atoms with van der Waals surface area (Å²) in [6, 6.07) is 15.9. The summed E-state index contributed by atoms with van der Waals surface area (Å²) < 4.78 is 27.5. The molecule has 0 fully saturated rings. The van der Waals surface area contributed by atoms with Gasteiger partial charge in [0.25, 0.3) is 21.8 Å². The van der Waals surface area contributed by atoms with E-state index in [0.717, 1.165) is 16.0 Å². The molecule has 2 N–H and O–H groups in total. The molecule has 0 saturated carbocycles. The highest BCUT2D eigenvalue weighted by Crippen LogP contribution is 2.33. The van der Waals surface area contributed by atoms with Gasteiger partial charge in [-0.25, -0.2) is 18.3 Å². The third kappa shape index (κ3) is 4.33. The van der Waals surface area contributed by atoms with E-state index in [-0.39, 0.29) is 21.4 Å². The molecule has 0 aliphatic carbocycles. The number of aromatic nitrogens is 1. The number of halogens is 1. The maximum atomic E-state index is 13.0. The average Bonchev–Trinajstić information content (AvgIpc) is 3.00. The Labute approximate surface area is 196 Å². The number of nitrogens with zero attached hydrogens (tertiary/aromatic N) is 2. The highest BCUT2D eigenvalue weighted by atomic mass is 35.5. The van der Waals surface area contributed by atoms with Gasteiger partial charge >= 0.3 is 0 Å². The SMILES string of the molecule is Cc1cccc(N2C(=O)C(Cl)=C(Nc3ccc(S(=O)(=O)Nc4ccccn4)cc3)C2=O)c1C. The van der Waals surface area contributed by atoms with E-state index in [0.29, 0.717) is 11.4 Å². The molecule has 4 rings (SSSR count). The second-order valence-corrected chi connectivity index (χ2v) is 9.38. The number of anilines is 3. The molecule has 1 aromatic heterocycles. The van der Waals surface area contributed by atoms with Crippen LogP contribution in [0.5, 0.6) is 0 Å². The molecule has 1 aliphatic heterocycles. The Morgan fingerprint density at radius 3 is 2.30 bits per heavy atom. The van der Waals surface area contributed by atoms with E-state index >= 15 is 0 Å². The highest BCUT2D eigenvalue weighted by molar-refractivity contribution is 7.92. The Kier molecular flexibility index (Phi) is 5.92. The molecule has 0 radical (unpaired) electrons. The summed E-state index contributed by atoms with van der Waals surface area (Å²) in [7, 11) is -3.85. The Morgan fingerprint density at radius 1 is 0.909 bits per heavy atom. The van der Waals surface area contributed by atoms with Gasteiger partial charge in [0.2, 0.25) is 0 Å². The maximum absolute atomic E-state index is 13.0. The molecule has 0 spiro atoms. The zero-order valence-electron chi connectivity index (χ0n) is 17.7. The number of amides is 2. The molecule has 0 unspecified atom stereocenters. The molecule has 3 aromatic rings. The van der Waals surface area contributed by atoms with Crippen molar-refractivity contribution in [1.29, 1.82) is 0 Å². The van der Waals surface area contributed by atoms with Gasteiger partial charge in [-0.05, 0) is 67.4 Å². The van der Waals surface area contributed by atoms with Crippen LogP contribution in [0.1, 0.15) is 11.1 Å². The van der Waals surface area contributed by atoms with Crippen LogP contribution < -0.4 is 14.9 Å². The minimum atomic E-state index is -3.85. The van der Waals surface area contributed by atoms with Crippen LogP contribution in [0.15, 0.2) is 82.5 Å². The first-order chi connectivity index (χ1) is 15.7. The predicted molar refractivity (Wildman–Crippen MR) is 126 cm³/mol. The van der Waals surface area contributed by atoms with Crippen molar-refractivity contribution in [3.05, 3.63) is 88.7 Å². The molecule has 168 valence electrons. The number of hydrogen-bond acceptors (Lipinski definition) is 6. The van der Waals surface area contributed by atoms with Crippen LogP contribution in [0.4, 0.5) is 17.2 Å². The number of sulfonamides is 1. The smallest absolute Gasteiger partial charge is 0.283 e. The van der Waals surface area contributed by atoms with E-state index in [9.17, 15) is 18.0 Å². The van der Waals surface area contributed by atoms with Gasteiger partial charge in [0.05, 0.1) is 10.6 Å². The van der Waals surface area contributed by atoms with E-state index in [2.05, 4.69) is 15.0 Å². The molecule has 2 aromatic carbocycles. The van der Waals surface area contributed by atoms with Crippen molar-refractivity contribution in [2.45, 2.75) is 18.7 Å². The molecule has 8 nitrogen and oxygen atoms in total. The number of nitrogens with one attached hydrogen (secondary N) is 2. The number of rotatable bonds is 6. The lowest BCUT2D eigenvalue weighted by Gasteiger charge is -2.18. The molecule has 2 amide bonds. The summed E-state index contributed by atoms with van der Waals surface area (Å²) in [5, 5.41) is 2.60. The largest absolute Gasteiger partial charge is 0.350 e. The standard InChI is InChI=1S/C23H19ClN4O4S/c1-14-6-5-7-18(15(14)2)28-22(29)20(24)21(23(28)30)26-16-9-11-17(12-10-16)33(31,32)27-19-8-3-4-13-25-19/h3-13,26H,1-2H3,(H,25,27). The summed E-state index contributed by atoms with van der Waals surface area (Å²) in [4.78, 5) is 30.7. The molecule has 0 saturated heterocycles. The molecule has 0 bridgehead atoms. The van der Waals surface area contributed by atoms with E-state index in [1.54, 1.807) is 24.3 Å². The average molecular weight is 483 g/mol. The first-order valence-electron chi connectivity index (χ1n) is 9.85. The summed E-state index contributed by atoms with van der Waals surface area (Å²) in [5.41, 5.74) is 2.50. The van der Waals surface area contributed by atoms with Crippen LogP contribution in [-0.2, 0) is 19.6 Å². The summed E-state index contributed by atoms with van der Waals surface area (Å²) in [6.45, 7) is 3.71. The molecule has 10 heteroatoms. The van der Waals surface area contributed by atoms with Crippen LogP contribution >= 0.6 is 11.6 Å². The number of imide groups is 1. The lowest BCUT2D eigenvalue weighted by atomic mass is 10.1. The minimum absolute atomic E-state index is 0.00427. The van der Waals surface area contributed by atoms with Crippen molar-refractivity contribution in [3.63, 3.8) is 0 Å². The molecule has 1 aliphatic rings. The monoisotopic (exact) mass is 482 g/mol. The highest BCUT2D eigenvalue weighted by Gasteiger charge is 2.39. The van der Waals surface area contributed by atoms with Gasteiger partial charge in [-0.2, -0.15) is 0 Å². The van der Waals surface area contributed by atoms with Crippen molar-refractivity contribution in [2.24, 2.45) is 0 Å². The van der Waals surface area contributed by atoms with Crippen molar-refractivity contribution in [1.82, 2.24) is 4.98 Å². The summed E-state index contributed by atoms with van der Waals surface area (Å²) in [5.74, 6) is -1.03. The van der Waals surface area contributed by atoms with E-state index in [4.69, 9.17) is 11.6 Å². The predicted octanol–water partition coefficient (Wildman–Crippen LogP) is 3.93. The second kappa shape index (κ2) is 8.68. The zero-order valence-corrected chi connectivity index (χ0v) is 19.2. The van der Waals surface area contributed by atoms with Gasteiger partial charge in [-0.3, -0.25) is 14.3 Å². The molecular weight excluding hydrogens is 464 g/mol. The van der Waals surface area contributed by atoms with E-state index < -0.39 is 21.8 Å². The fourth-order valence-corrected chi connectivity index (χ4v) is 4.51. The van der Waals surface area contributed by atoms with Crippen molar-refractivity contribution in [3.8, 4) is 0 Å². The molecular formula is C23H19ClN4O4S. The third-order valence-corrected chi connectivity index (χ3v) is 6.90. The number of aryl methyl sites for hydroxylation is 1. The lowest BCUT2D eigenvalue weighted by Crippen LogP contribution is -2.33. The van der Waals surface area contributed by atoms with Crippen LogP contribution in [0.25, 0.3) is 0 Å². The Hall–Kier alpha value is -3.69. The molecule has 33 heavy (non-hydrogen) atoms. The van der Waals surface area contributed by atoms with Gasteiger partial charge in [0.1, 0.15) is 16.5 Å². The summed E-state index contributed by atoms with van der Waals surface area (Å²) in [6.07, 6.45) is 1.48. The molecule has 2 heterocycles. The fraction of sp³-hybridized carbons (Fsp3) is 0.0870. The Bertz CT molecular complexity index is 1390. The Morgan fingerprint density at radius 2 is 1.64 bits per heavy atom. The number of hydrogen-bond donors (Lipinski definition) is 2. The number of benzene rings is 2. The maximum Gasteiger partial charge on any atom is 0.283 e. The van der Waals surface area contributed by atoms with Gasteiger partial charge in [0.15, 0.2) is 0 Å². The van der Waals surface area contributed by atoms with Crippen LogP contribution in [0, 0.1) is 13.8 Å². The van der Waals surface area contributed by atoms with E-state index in [1.807, 2.05) is 19.9 Å². The van der Waals surface area contributed by atoms with Crippen LogP contribution in [0.3, 0.4) is 0 Å². The Balaban J connectivity index is 1.55. The van der Waals surface area contributed by atoms with Gasteiger partial charge in [0, 0.05) is 11.9 Å². The van der Waals surface area contributed by atoms with Crippen molar-refractivity contribution >= 4 is 50.6 Å². The number of pyridine rings is 1. The van der Waals surface area contributed by atoms with Crippen LogP contribution in [-0.4, -0.2) is 25.2 Å². The van der Waals surface area contributed by atoms with Crippen LogP contribution in [0.2, 0.25) is 0 Å². The quantitative estimate of drug-likeness (QED) is 0.515. The molecule has 0 atom stereocenters. The van der Waals surface area contributed by atoms with Gasteiger partial charge < -0.3 is 5.32 Å². The van der Waals surface area contributed by atoms with Gasteiger partial charge in [-0.1, -0.05) is 29.8 Å². The fourth-order valence-electron chi connectivity index (χ4n) is 3.29. The van der Waals surface area contributed by atoms with Crippen molar-refractivity contribution < 1.29 is 18.0 Å². The lowest BCUT2D eigenvalue weighted by molar-refractivity contribution is -0.120. The van der Waals surface area contributed by atoms with E-state index in [1.165, 1.54) is 36.5 Å². The number of carbonyl (C=O) groups is 2. The van der Waals surface area contributed by atoms with Gasteiger partial charge in [-0.15, -0.1) is 0 Å². The van der Waals surface area contributed by atoms with Crippen molar-refractivity contribution in [2.75, 3.05) is 14.9 Å². The summed E-state index contributed by atoms with van der Waals surface area (Å²) >= 11 is 6.20. The topological polar surface area (TPSA) is 108 Å². The first-order valence-corrected chi connectivity index (χ1v) is 11.7. The first kappa shape index (κ1) is 22.5. The third-order valence-electron chi connectivity index (χ3n) is 5.18.